The van der Waals surface area contributed by atoms with Crippen LogP contribution in [0.2, 0.25) is 0 Å². The van der Waals surface area contributed by atoms with Crippen LogP contribution in [0, 0.1) is 6.92 Å². The molecule has 3 rings (SSSR count). The number of rotatable bonds is 3. The number of hydrogen-bond donors (Lipinski definition) is 1. The van der Waals surface area contributed by atoms with Gasteiger partial charge in [0, 0.05) is 11.6 Å². The van der Waals surface area contributed by atoms with Gasteiger partial charge in [-0.05, 0) is 42.1 Å². The monoisotopic (exact) mass is 340 g/mol. The maximum absolute atomic E-state index is 11.6. The Morgan fingerprint density at radius 1 is 0.958 bits per heavy atom. The van der Waals surface area contributed by atoms with Gasteiger partial charge >= 0.3 is 0 Å². The third kappa shape index (κ3) is 3.14. The van der Waals surface area contributed by atoms with E-state index in [2.05, 4.69) is 10.2 Å². The third-order valence-electron chi connectivity index (χ3n) is 3.70. The van der Waals surface area contributed by atoms with Crippen molar-refractivity contribution in [3.05, 3.63) is 60.2 Å². The van der Waals surface area contributed by atoms with E-state index in [0.29, 0.717) is 16.9 Å². The average molecular weight is 340 g/mol. The lowest BCUT2D eigenvalue weighted by molar-refractivity contribution is 0.477. The Hall–Kier alpha value is -2.73. The van der Waals surface area contributed by atoms with Gasteiger partial charge in [0.2, 0.25) is 0 Å². The zero-order chi connectivity index (χ0) is 17.3. The molecule has 0 radical (unpaired) electrons. The topological polar surface area (TPSA) is 79.1 Å². The second-order valence-corrected chi connectivity index (χ2v) is 7.56. The summed E-state index contributed by atoms with van der Waals surface area (Å²) < 4.78 is 23.3. The Bertz CT molecular complexity index is 1060. The smallest absolute Gasteiger partial charge is 0.175 e. The van der Waals surface area contributed by atoms with Crippen molar-refractivity contribution in [1.29, 1.82) is 0 Å². The highest BCUT2D eigenvalue weighted by Gasteiger charge is 2.11. The van der Waals surface area contributed by atoms with Gasteiger partial charge < -0.3 is 5.11 Å². The van der Waals surface area contributed by atoms with E-state index in [-0.39, 0.29) is 10.6 Å². The van der Waals surface area contributed by atoms with Gasteiger partial charge in [0.15, 0.2) is 9.84 Å². The van der Waals surface area contributed by atoms with Gasteiger partial charge in [-0.25, -0.2) is 8.42 Å². The molecule has 0 aliphatic heterocycles. The number of fused-ring (bicyclic) bond motifs is 1. The molecular weight excluding hydrogens is 324 g/mol. The summed E-state index contributed by atoms with van der Waals surface area (Å²) in [6, 6.07) is 15.7. The molecule has 24 heavy (non-hydrogen) atoms. The molecule has 0 amide bonds. The molecule has 5 nitrogen and oxygen atoms in total. The molecule has 0 atom stereocenters. The van der Waals surface area contributed by atoms with Crippen molar-refractivity contribution in [3.8, 4) is 5.75 Å². The number of hydrogen-bond acceptors (Lipinski definition) is 5. The van der Waals surface area contributed by atoms with E-state index in [1.807, 2.05) is 30.3 Å². The number of aryl methyl sites for hydroxylation is 1. The lowest BCUT2D eigenvalue weighted by Gasteiger charge is -2.05. The minimum absolute atomic E-state index is 0.0435. The van der Waals surface area contributed by atoms with Crippen LogP contribution in [0.5, 0.6) is 5.75 Å². The summed E-state index contributed by atoms with van der Waals surface area (Å²) in [5, 5.41) is 20.1. The largest absolute Gasteiger partial charge is 0.506 e. The van der Waals surface area contributed by atoms with Gasteiger partial charge in [-0.2, -0.15) is 5.11 Å². The van der Waals surface area contributed by atoms with E-state index in [9.17, 15) is 13.5 Å². The van der Waals surface area contributed by atoms with Crippen LogP contribution in [0.4, 0.5) is 11.4 Å². The lowest BCUT2D eigenvalue weighted by Crippen LogP contribution is -1.99. The Labute approximate surface area is 140 Å². The van der Waals surface area contributed by atoms with Gasteiger partial charge in [0.25, 0.3) is 0 Å². The Balaban J connectivity index is 2.03. The lowest BCUT2D eigenvalue weighted by atomic mass is 10.1. The molecule has 0 saturated carbocycles. The molecule has 0 unspecified atom stereocenters. The summed E-state index contributed by atoms with van der Waals surface area (Å²) in [7, 11) is -3.27. The fraction of sp³-hybridized carbons (Fsp3) is 0.111. The van der Waals surface area contributed by atoms with Gasteiger partial charge in [-0.3, -0.25) is 0 Å². The first-order valence-electron chi connectivity index (χ1n) is 7.29. The first-order valence-corrected chi connectivity index (χ1v) is 9.18. The van der Waals surface area contributed by atoms with Crippen molar-refractivity contribution in [2.45, 2.75) is 11.8 Å². The highest BCUT2D eigenvalue weighted by Crippen LogP contribution is 2.36. The van der Waals surface area contributed by atoms with E-state index in [0.717, 1.165) is 10.8 Å². The predicted molar refractivity (Wildman–Crippen MR) is 94.1 cm³/mol. The zero-order valence-electron chi connectivity index (χ0n) is 13.3. The van der Waals surface area contributed by atoms with Gasteiger partial charge in [0.1, 0.15) is 11.4 Å². The predicted octanol–water partition coefficient (Wildman–Crippen LogP) is 4.67. The summed E-state index contributed by atoms with van der Waals surface area (Å²) in [4.78, 5) is 0.273. The van der Waals surface area contributed by atoms with Crippen LogP contribution in [0.1, 0.15) is 5.56 Å². The summed E-state index contributed by atoms with van der Waals surface area (Å²) in [5.41, 5.74) is 1.52. The van der Waals surface area contributed by atoms with Crippen LogP contribution < -0.4 is 0 Å². The van der Waals surface area contributed by atoms with E-state index < -0.39 is 9.84 Å². The number of sulfone groups is 1. The summed E-state index contributed by atoms with van der Waals surface area (Å²) in [6.07, 6.45) is 1.17. The van der Waals surface area contributed by atoms with Crippen molar-refractivity contribution >= 4 is 32.0 Å². The molecule has 0 saturated heterocycles. The molecule has 1 N–H and O–H groups in total. The Kier molecular flexibility index (Phi) is 4.07. The molecule has 0 heterocycles. The summed E-state index contributed by atoms with van der Waals surface area (Å²) in [5.74, 6) is 0.0435. The number of phenols is 1. The van der Waals surface area contributed by atoms with E-state index >= 15 is 0 Å². The maximum Gasteiger partial charge on any atom is 0.175 e. The van der Waals surface area contributed by atoms with E-state index in [1.165, 1.54) is 12.3 Å². The third-order valence-corrected chi connectivity index (χ3v) is 4.96. The van der Waals surface area contributed by atoms with Crippen molar-refractivity contribution in [2.75, 3.05) is 6.26 Å². The molecule has 3 aromatic carbocycles. The fourth-order valence-corrected chi connectivity index (χ4v) is 3.53. The molecule has 0 aliphatic rings. The van der Waals surface area contributed by atoms with Crippen molar-refractivity contribution < 1.29 is 13.5 Å². The highest BCUT2D eigenvalue weighted by molar-refractivity contribution is 7.90. The van der Waals surface area contributed by atoms with Gasteiger partial charge in [-0.1, -0.05) is 30.3 Å². The maximum atomic E-state index is 11.6. The van der Waals surface area contributed by atoms with Crippen molar-refractivity contribution in [2.24, 2.45) is 10.2 Å². The SMILES string of the molecule is Cc1cc(/N=N/c2c(O)ccc3ccccc23)ccc1S(C)(=O)=O. The summed E-state index contributed by atoms with van der Waals surface area (Å²) >= 11 is 0. The first-order chi connectivity index (χ1) is 11.4. The molecule has 122 valence electrons. The van der Waals surface area contributed by atoms with E-state index in [1.54, 1.807) is 25.1 Å². The normalized spacial score (nSPS) is 12.1. The molecule has 3 aromatic rings. The number of aromatic hydroxyl groups is 1. The number of benzene rings is 3. The van der Waals surface area contributed by atoms with Crippen molar-refractivity contribution in [3.63, 3.8) is 0 Å². The van der Waals surface area contributed by atoms with E-state index in [4.69, 9.17) is 0 Å². The minimum atomic E-state index is -3.27. The fourth-order valence-electron chi connectivity index (χ4n) is 2.57. The highest BCUT2D eigenvalue weighted by atomic mass is 32.2. The second-order valence-electron chi connectivity index (χ2n) is 5.58. The molecule has 0 aromatic heterocycles. The number of nitrogens with zero attached hydrogens (tertiary/aromatic N) is 2. The standard InChI is InChI=1S/C18H16N2O3S/c1-12-11-14(8-10-17(12)24(2,22)23)19-20-18-15-6-4-3-5-13(15)7-9-16(18)21/h3-11,21H,1-2H3/b20-19+. The Morgan fingerprint density at radius 2 is 1.71 bits per heavy atom. The average Bonchev–Trinajstić information content (AvgIpc) is 2.53. The molecule has 0 aliphatic carbocycles. The van der Waals surface area contributed by atoms with Crippen LogP contribution in [0.3, 0.4) is 0 Å². The van der Waals surface area contributed by atoms with Gasteiger partial charge in [-0.15, -0.1) is 5.11 Å². The quantitative estimate of drug-likeness (QED) is 0.703. The van der Waals surface area contributed by atoms with Gasteiger partial charge in [0.05, 0.1) is 10.6 Å². The van der Waals surface area contributed by atoms with Crippen LogP contribution in [-0.2, 0) is 9.84 Å². The van der Waals surface area contributed by atoms with Crippen LogP contribution in [0.15, 0.2) is 69.7 Å². The van der Waals surface area contributed by atoms with Crippen LogP contribution in [0.25, 0.3) is 10.8 Å². The molecule has 0 bridgehead atoms. The first kappa shape index (κ1) is 16.1. The molecule has 0 spiro atoms. The van der Waals surface area contributed by atoms with Crippen molar-refractivity contribution in [1.82, 2.24) is 0 Å². The Morgan fingerprint density at radius 3 is 2.42 bits per heavy atom. The van der Waals surface area contributed by atoms with Crippen LogP contribution >= 0.6 is 0 Å². The number of phenolic OH excluding ortho intramolecular Hbond substituents is 1. The summed E-state index contributed by atoms with van der Waals surface area (Å²) in [6.45, 7) is 1.71. The minimum Gasteiger partial charge on any atom is -0.506 e. The molecule has 6 heteroatoms. The number of azo groups is 1. The van der Waals surface area contributed by atoms with Crippen LogP contribution in [-0.4, -0.2) is 19.8 Å². The molecule has 0 fully saturated rings. The zero-order valence-corrected chi connectivity index (χ0v) is 14.1. The molecular formula is C18H16N2O3S. The second kappa shape index (κ2) is 6.05.